The number of rotatable bonds is 3. The minimum absolute atomic E-state index is 0.131. The smallest absolute Gasteiger partial charge is 0.338 e. The van der Waals surface area contributed by atoms with Crippen molar-refractivity contribution >= 4 is 17.9 Å². The number of carboxylic acid groups (broad SMARTS) is 2. The molecule has 2 unspecified atom stereocenters. The molecule has 0 aliphatic heterocycles. The molecule has 0 saturated carbocycles. The molecule has 7 heteroatoms. The van der Waals surface area contributed by atoms with Crippen LogP contribution in [0.2, 0.25) is 0 Å². The van der Waals surface area contributed by atoms with E-state index in [9.17, 15) is 19.5 Å². The van der Waals surface area contributed by atoms with Gasteiger partial charge in [0.2, 0.25) is 0 Å². The number of carbonyl (C=O) groups is 3. The predicted octanol–water partition coefficient (Wildman–Crippen LogP) is 0.697. The molecule has 7 nitrogen and oxygen atoms in total. The van der Waals surface area contributed by atoms with E-state index in [0.717, 1.165) is 12.2 Å². The summed E-state index contributed by atoms with van der Waals surface area (Å²) in [5.74, 6) is -3.48. The molecule has 1 rings (SSSR count). The largest absolute Gasteiger partial charge is 0.481 e. The number of hydrogen-bond acceptors (Lipinski definition) is 5. The molecule has 0 saturated heterocycles. The Labute approximate surface area is 122 Å². The topological polar surface area (TPSA) is 127 Å². The van der Waals surface area contributed by atoms with Crippen molar-refractivity contribution in [3.8, 4) is 0 Å². The van der Waals surface area contributed by atoms with Crippen LogP contribution in [0.4, 0.5) is 0 Å². The van der Waals surface area contributed by atoms with Crippen molar-refractivity contribution in [1.29, 1.82) is 0 Å². The van der Waals surface area contributed by atoms with E-state index in [1.807, 2.05) is 0 Å². The number of ether oxygens (including phenoxy) is 1. The van der Waals surface area contributed by atoms with Gasteiger partial charge in [-0.1, -0.05) is 6.08 Å². The number of carboxylic acids is 2. The highest BCUT2D eigenvalue weighted by Gasteiger charge is 2.45. The molecule has 0 heterocycles. The van der Waals surface area contributed by atoms with E-state index in [1.54, 1.807) is 20.8 Å². The van der Waals surface area contributed by atoms with E-state index in [-0.39, 0.29) is 11.1 Å². The Morgan fingerprint density at radius 2 is 1.81 bits per heavy atom. The summed E-state index contributed by atoms with van der Waals surface area (Å²) in [6.07, 6.45) is 2.20. The fourth-order valence-corrected chi connectivity index (χ4v) is 1.88. The zero-order chi connectivity index (χ0) is 16.6. The quantitative estimate of drug-likeness (QED) is 0.654. The van der Waals surface area contributed by atoms with Gasteiger partial charge in [0.1, 0.15) is 11.0 Å². The van der Waals surface area contributed by atoms with Gasteiger partial charge in [0.25, 0.3) is 0 Å². The van der Waals surface area contributed by atoms with Gasteiger partial charge in [0.05, 0.1) is 17.2 Å². The first kappa shape index (κ1) is 16.9. The van der Waals surface area contributed by atoms with Crippen LogP contribution in [0.1, 0.15) is 27.7 Å². The molecule has 0 fully saturated rings. The minimum Gasteiger partial charge on any atom is -0.481 e. The van der Waals surface area contributed by atoms with Gasteiger partial charge in [-0.15, -0.1) is 0 Å². The molecule has 0 aromatic heterocycles. The molecule has 0 spiro atoms. The minimum atomic E-state index is -1.70. The number of esters is 1. The molecule has 0 radical (unpaired) electrons. The van der Waals surface area contributed by atoms with E-state index < -0.39 is 35.0 Å². The van der Waals surface area contributed by atoms with Crippen molar-refractivity contribution in [3.05, 3.63) is 23.3 Å². The average molecular weight is 297 g/mol. The second-order valence-corrected chi connectivity index (χ2v) is 6.07. The van der Waals surface area contributed by atoms with Crippen molar-refractivity contribution < 1.29 is 29.3 Å². The third-order valence-electron chi connectivity index (χ3n) is 3.09. The third-order valence-corrected chi connectivity index (χ3v) is 3.09. The molecule has 0 aromatic carbocycles. The standard InChI is InChI=1S/C14H19NO6/c1-13(2,3)21-11(18)7-5-8(10(16)17)9(15)14(4,6-7)12(19)20/h5-6,9H,15H2,1-4H3,(H,16,17)(H,19,20). The monoisotopic (exact) mass is 297 g/mol. The van der Waals surface area contributed by atoms with Crippen LogP contribution in [0.15, 0.2) is 23.3 Å². The average Bonchev–Trinajstić information content (AvgIpc) is 2.29. The Balaban J connectivity index is 3.32. The summed E-state index contributed by atoms with van der Waals surface area (Å²) >= 11 is 0. The molecule has 1 aliphatic carbocycles. The molecular weight excluding hydrogens is 278 g/mol. The zero-order valence-electron chi connectivity index (χ0n) is 12.3. The molecule has 4 N–H and O–H groups in total. The van der Waals surface area contributed by atoms with E-state index in [4.69, 9.17) is 15.6 Å². The summed E-state index contributed by atoms with van der Waals surface area (Å²) < 4.78 is 5.14. The summed E-state index contributed by atoms with van der Waals surface area (Å²) in [7, 11) is 0. The summed E-state index contributed by atoms with van der Waals surface area (Å²) in [4.78, 5) is 34.7. The van der Waals surface area contributed by atoms with Crippen LogP contribution < -0.4 is 5.73 Å². The summed E-state index contributed by atoms with van der Waals surface area (Å²) in [5, 5.41) is 18.4. The van der Waals surface area contributed by atoms with Gasteiger partial charge in [0.15, 0.2) is 0 Å². The van der Waals surface area contributed by atoms with Gasteiger partial charge < -0.3 is 20.7 Å². The van der Waals surface area contributed by atoms with E-state index in [0.29, 0.717) is 0 Å². The van der Waals surface area contributed by atoms with E-state index >= 15 is 0 Å². The fraction of sp³-hybridized carbons (Fsp3) is 0.500. The molecule has 1 aliphatic rings. The molecule has 0 bridgehead atoms. The first-order valence-electron chi connectivity index (χ1n) is 6.28. The normalized spacial score (nSPS) is 25.7. The molecule has 116 valence electrons. The van der Waals surface area contributed by atoms with Gasteiger partial charge in [-0.25, -0.2) is 9.59 Å². The first-order chi connectivity index (χ1) is 9.38. The Kier molecular flexibility index (Phi) is 4.29. The Morgan fingerprint density at radius 1 is 1.29 bits per heavy atom. The van der Waals surface area contributed by atoms with Crippen molar-refractivity contribution in [2.24, 2.45) is 11.1 Å². The number of hydrogen-bond donors (Lipinski definition) is 3. The summed E-state index contributed by atoms with van der Waals surface area (Å²) in [6.45, 7) is 6.22. The second-order valence-electron chi connectivity index (χ2n) is 6.07. The van der Waals surface area contributed by atoms with Crippen LogP contribution in [0.25, 0.3) is 0 Å². The number of aliphatic carboxylic acids is 2. The maximum absolute atomic E-state index is 12.0. The molecule has 0 amide bonds. The highest BCUT2D eigenvalue weighted by atomic mass is 16.6. The maximum Gasteiger partial charge on any atom is 0.338 e. The SMILES string of the molecule is CC(C)(C)OC(=O)C1=CC(C)(C(=O)O)C(N)C(C(=O)O)=C1. The molecule has 21 heavy (non-hydrogen) atoms. The van der Waals surface area contributed by atoms with Crippen LogP contribution in [0, 0.1) is 5.41 Å². The van der Waals surface area contributed by atoms with E-state index in [2.05, 4.69) is 0 Å². The van der Waals surface area contributed by atoms with Crippen LogP contribution in [0.5, 0.6) is 0 Å². The summed E-state index contributed by atoms with van der Waals surface area (Å²) in [6, 6.07) is -1.27. The Bertz CT molecular complexity index is 554. The van der Waals surface area contributed by atoms with Gasteiger partial charge in [0, 0.05) is 0 Å². The molecule has 2 atom stereocenters. The van der Waals surface area contributed by atoms with Crippen LogP contribution in [-0.2, 0) is 19.1 Å². The van der Waals surface area contributed by atoms with Crippen LogP contribution >= 0.6 is 0 Å². The Morgan fingerprint density at radius 3 is 2.19 bits per heavy atom. The maximum atomic E-state index is 12.0. The van der Waals surface area contributed by atoms with Crippen molar-refractivity contribution in [3.63, 3.8) is 0 Å². The molecular formula is C14H19NO6. The van der Waals surface area contributed by atoms with Crippen molar-refractivity contribution in [2.45, 2.75) is 39.3 Å². The lowest BCUT2D eigenvalue weighted by molar-refractivity contribution is -0.149. The first-order valence-corrected chi connectivity index (χ1v) is 6.28. The van der Waals surface area contributed by atoms with Gasteiger partial charge in [-0.2, -0.15) is 0 Å². The Hall–Kier alpha value is -2.15. The lowest BCUT2D eigenvalue weighted by Crippen LogP contribution is -2.49. The zero-order valence-corrected chi connectivity index (χ0v) is 12.3. The van der Waals surface area contributed by atoms with Gasteiger partial charge in [-0.05, 0) is 33.8 Å². The van der Waals surface area contributed by atoms with Gasteiger partial charge >= 0.3 is 17.9 Å². The fourth-order valence-electron chi connectivity index (χ4n) is 1.88. The van der Waals surface area contributed by atoms with E-state index in [1.165, 1.54) is 6.92 Å². The second kappa shape index (κ2) is 5.33. The van der Waals surface area contributed by atoms with Crippen LogP contribution in [-0.4, -0.2) is 39.8 Å². The highest BCUT2D eigenvalue weighted by molar-refractivity contribution is 6.00. The lowest BCUT2D eigenvalue weighted by atomic mass is 9.73. The summed E-state index contributed by atoms with van der Waals surface area (Å²) in [5.41, 5.74) is 2.76. The third kappa shape index (κ3) is 3.49. The number of carbonyl (C=O) groups excluding carboxylic acids is 1. The van der Waals surface area contributed by atoms with Gasteiger partial charge in [-0.3, -0.25) is 4.79 Å². The number of nitrogens with two attached hydrogens (primary N) is 1. The van der Waals surface area contributed by atoms with Crippen LogP contribution in [0.3, 0.4) is 0 Å². The highest BCUT2D eigenvalue weighted by Crippen LogP contribution is 2.34. The van der Waals surface area contributed by atoms with Crippen molar-refractivity contribution in [2.75, 3.05) is 0 Å². The predicted molar refractivity (Wildman–Crippen MR) is 73.4 cm³/mol. The van der Waals surface area contributed by atoms with Crippen molar-refractivity contribution in [1.82, 2.24) is 0 Å². The lowest BCUT2D eigenvalue weighted by Gasteiger charge is -2.32. The molecule has 0 aromatic rings.